The second-order valence-electron chi connectivity index (χ2n) is 9.33. The molecule has 4 aromatic heterocycles. The molecular formula is C26H22F3N7O. The first-order valence-corrected chi connectivity index (χ1v) is 11.9. The van der Waals surface area contributed by atoms with E-state index in [1.165, 1.54) is 29.4 Å². The Morgan fingerprint density at radius 3 is 2.62 bits per heavy atom. The minimum Gasteiger partial charge on any atom is -0.320 e. The van der Waals surface area contributed by atoms with Crippen LogP contribution in [0.4, 0.5) is 13.2 Å². The van der Waals surface area contributed by atoms with Gasteiger partial charge in [-0.3, -0.25) is 8.97 Å². The first kappa shape index (κ1) is 23.1. The van der Waals surface area contributed by atoms with E-state index in [0.717, 1.165) is 46.7 Å². The molecule has 8 nitrogen and oxygen atoms in total. The van der Waals surface area contributed by atoms with Gasteiger partial charge >= 0.3 is 11.9 Å². The Hall–Kier alpha value is -4.28. The number of benzene rings is 1. The molecule has 0 N–H and O–H groups in total. The maximum absolute atomic E-state index is 13.7. The van der Waals surface area contributed by atoms with Gasteiger partial charge in [0.2, 0.25) is 0 Å². The fourth-order valence-corrected chi connectivity index (χ4v) is 5.08. The number of fused-ring (bicyclic) bond motifs is 1. The van der Waals surface area contributed by atoms with E-state index in [4.69, 9.17) is 0 Å². The molecule has 37 heavy (non-hydrogen) atoms. The van der Waals surface area contributed by atoms with Crippen molar-refractivity contribution >= 4 is 5.52 Å². The molecule has 1 atom stereocenters. The van der Waals surface area contributed by atoms with E-state index in [9.17, 15) is 18.0 Å². The fourth-order valence-electron chi connectivity index (χ4n) is 5.08. The molecule has 0 radical (unpaired) electrons. The van der Waals surface area contributed by atoms with Crippen LogP contribution in [0.15, 0.2) is 72.4 Å². The van der Waals surface area contributed by atoms with Crippen molar-refractivity contribution in [2.75, 3.05) is 0 Å². The van der Waals surface area contributed by atoms with Crippen LogP contribution in [0.25, 0.3) is 22.5 Å². The van der Waals surface area contributed by atoms with E-state index in [0.29, 0.717) is 17.3 Å². The number of alkyl halides is 3. The Labute approximate surface area is 209 Å². The summed E-state index contributed by atoms with van der Waals surface area (Å²) in [5.74, 6) is 1.03. The normalized spacial score (nSPS) is 15.1. The second-order valence-corrected chi connectivity index (χ2v) is 9.33. The summed E-state index contributed by atoms with van der Waals surface area (Å²) >= 11 is 0. The maximum Gasteiger partial charge on any atom is 0.418 e. The van der Waals surface area contributed by atoms with Gasteiger partial charge < -0.3 is 4.57 Å². The largest absolute Gasteiger partial charge is 0.418 e. The third-order valence-corrected chi connectivity index (χ3v) is 7.10. The van der Waals surface area contributed by atoms with Crippen molar-refractivity contribution < 1.29 is 13.2 Å². The monoisotopic (exact) mass is 505 g/mol. The molecule has 0 amide bonds. The Bertz CT molecular complexity index is 1650. The molecule has 6 rings (SSSR count). The minimum absolute atomic E-state index is 0.0970. The highest BCUT2D eigenvalue weighted by Crippen LogP contribution is 2.44. The lowest BCUT2D eigenvalue weighted by atomic mass is 9.72. The molecule has 1 saturated carbocycles. The molecule has 0 bridgehead atoms. The van der Waals surface area contributed by atoms with Crippen molar-refractivity contribution in [3.8, 4) is 16.9 Å². The number of aromatic nitrogens is 7. The topological polar surface area (TPSA) is 82.9 Å². The predicted molar refractivity (Wildman–Crippen MR) is 129 cm³/mol. The van der Waals surface area contributed by atoms with Crippen LogP contribution in [-0.2, 0) is 13.2 Å². The van der Waals surface area contributed by atoms with Crippen LogP contribution in [0.5, 0.6) is 0 Å². The highest BCUT2D eigenvalue weighted by molar-refractivity contribution is 5.65. The Morgan fingerprint density at radius 1 is 1.14 bits per heavy atom. The van der Waals surface area contributed by atoms with Crippen molar-refractivity contribution in [2.24, 2.45) is 13.0 Å². The summed E-state index contributed by atoms with van der Waals surface area (Å²) in [5.41, 5.74) is 1.02. The van der Waals surface area contributed by atoms with Gasteiger partial charge in [0.1, 0.15) is 18.5 Å². The SMILES string of the molecule is Cn1cnnc1C(c1cc(-c2ccncn2)cc(-n2cc3c(C(F)(F)F)cccn3c2=O)c1)C1CCC1. The molecule has 0 aliphatic heterocycles. The second kappa shape index (κ2) is 8.68. The standard InChI is InChI=1S/C26H22F3N7O/c1-34-15-32-33-24(34)23(16-4-2-5-16)18-10-17(21-7-8-30-14-31-21)11-19(12-18)36-13-22-20(26(27,28)29)6-3-9-35(22)25(36)37/h3,6-16,23H,2,4-5H2,1H3. The van der Waals surface area contributed by atoms with Crippen molar-refractivity contribution in [1.82, 2.24) is 33.7 Å². The maximum atomic E-state index is 13.7. The van der Waals surface area contributed by atoms with Gasteiger partial charge in [-0.25, -0.2) is 14.8 Å². The van der Waals surface area contributed by atoms with Gasteiger partial charge in [-0.15, -0.1) is 10.2 Å². The van der Waals surface area contributed by atoms with Gasteiger partial charge in [-0.2, -0.15) is 13.2 Å². The zero-order valence-corrected chi connectivity index (χ0v) is 19.8. The lowest BCUT2D eigenvalue weighted by Crippen LogP contribution is -2.24. The van der Waals surface area contributed by atoms with E-state index in [2.05, 4.69) is 20.2 Å². The predicted octanol–water partition coefficient (Wildman–Crippen LogP) is 4.63. The highest BCUT2D eigenvalue weighted by Gasteiger charge is 2.35. The van der Waals surface area contributed by atoms with E-state index in [1.54, 1.807) is 24.7 Å². The third kappa shape index (κ3) is 4.00. The molecular weight excluding hydrogens is 483 g/mol. The minimum atomic E-state index is -4.60. The van der Waals surface area contributed by atoms with E-state index in [1.807, 2.05) is 23.7 Å². The van der Waals surface area contributed by atoms with Gasteiger partial charge in [0.05, 0.1) is 22.5 Å². The number of aryl methyl sites for hydroxylation is 1. The molecule has 1 unspecified atom stereocenters. The first-order valence-electron chi connectivity index (χ1n) is 11.9. The average Bonchev–Trinajstić information content (AvgIpc) is 3.43. The number of imidazole rings is 1. The molecule has 1 aliphatic rings. The average molecular weight is 506 g/mol. The number of pyridine rings is 1. The highest BCUT2D eigenvalue weighted by atomic mass is 19.4. The van der Waals surface area contributed by atoms with E-state index < -0.39 is 17.4 Å². The number of nitrogens with zero attached hydrogens (tertiary/aromatic N) is 7. The van der Waals surface area contributed by atoms with Crippen molar-refractivity contribution in [1.29, 1.82) is 0 Å². The number of hydrogen-bond donors (Lipinski definition) is 0. The molecule has 1 aliphatic carbocycles. The van der Waals surface area contributed by atoms with Crippen LogP contribution >= 0.6 is 0 Å². The Balaban J connectivity index is 1.59. The summed E-state index contributed by atoms with van der Waals surface area (Å²) in [5, 5.41) is 8.45. The van der Waals surface area contributed by atoms with Crippen LogP contribution in [-0.4, -0.2) is 33.7 Å². The molecule has 0 spiro atoms. The number of hydrogen-bond acceptors (Lipinski definition) is 5. The van der Waals surface area contributed by atoms with Gasteiger partial charge in [0.25, 0.3) is 0 Å². The lowest BCUT2D eigenvalue weighted by Gasteiger charge is -2.33. The van der Waals surface area contributed by atoms with Crippen LogP contribution in [0.1, 0.15) is 42.1 Å². The van der Waals surface area contributed by atoms with Gasteiger partial charge in [0, 0.05) is 37.1 Å². The molecule has 1 aromatic carbocycles. The zero-order valence-electron chi connectivity index (χ0n) is 19.8. The van der Waals surface area contributed by atoms with E-state index >= 15 is 0 Å². The van der Waals surface area contributed by atoms with Crippen LogP contribution < -0.4 is 5.69 Å². The number of halogens is 3. The van der Waals surface area contributed by atoms with Crippen molar-refractivity contribution in [3.63, 3.8) is 0 Å². The quantitative estimate of drug-likeness (QED) is 0.348. The fraction of sp³-hybridized carbons (Fsp3) is 0.269. The number of rotatable bonds is 5. The molecule has 11 heteroatoms. The molecule has 4 heterocycles. The molecule has 0 saturated heterocycles. The van der Waals surface area contributed by atoms with Gasteiger partial charge in [-0.05, 0) is 60.7 Å². The lowest BCUT2D eigenvalue weighted by molar-refractivity contribution is -0.136. The summed E-state index contributed by atoms with van der Waals surface area (Å²) < 4.78 is 45.2. The smallest absolute Gasteiger partial charge is 0.320 e. The van der Waals surface area contributed by atoms with Gasteiger partial charge in [0.15, 0.2) is 0 Å². The Kier molecular flexibility index (Phi) is 5.43. The van der Waals surface area contributed by atoms with Gasteiger partial charge in [-0.1, -0.05) is 6.42 Å². The zero-order chi connectivity index (χ0) is 25.7. The van der Waals surface area contributed by atoms with Crippen LogP contribution in [0, 0.1) is 5.92 Å². The Morgan fingerprint density at radius 2 is 1.97 bits per heavy atom. The first-order chi connectivity index (χ1) is 17.8. The summed E-state index contributed by atoms with van der Waals surface area (Å²) in [6, 6.07) is 9.58. The summed E-state index contributed by atoms with van der Waals surface area (Å²) in [6.07, 6.45) is 5.86. The molecule has 5 aromatic rings. The van der Waals surface area contributed by atoms with Crippen LogP contribution in [0.2, 0.25) is 0 Å². The van der Waals surface area contributed by atoms with Crippen molar-refractivity contribution in [2.45, 2.75) is 31.4 Å². The summed E-state index contributed by atoms with van der Waals surface area (Å²) in [4.78, 5) is 21.7. The third-order valence-electron chi connectivity index (χ3n) is 7.10. The van der Waals surface area contributed by atoms with E-state index in [-0.39, 0.29) is 11.4 Å². The van der Waals surface area contributed by atoms with Crippen LogP contribution in [0.3, 0.4) is 0 Å². The summed E-state index contributed by atoms with van der Waals surface area (Å²) in [7, 11) is 1.89. The molecule has 1 fully saturated rings. The van der Waals surface area contributed by atoms with Crippen molar-refractivity contribution in [3.05, 3.63) is 95.1 Å². The molecule has 188 valence electrons. The summed E-state index contributed by atoms with van der Waals surface area (Å²) in [6.45, 7) is 0.